The van der Waals surface area contributed by atoms with Crippen LogP contribution in [0, 0.1) is 12.8 Å². The third-order valence-electron chi connectivity index (χ3n) is 5.20. The lowest BCUT2D eigenvalue weighted by atomic mass is 10.1. The summed E-state index contributed by atoms with van der Waals surface area (Å²) in [4.78, 5) is 26.3. The number of fused-ring (bicyclic) bond motifs is 3. The maximum atomic E-state index is 13.2. The van der Waals surface area contributed by atoms with Gasteiger partial charge >= 0.3 is 5.69 Å². The fourth-order valence-electron chi connectivity index (χ4n) is 3.51. The summed E-state index contributed by atoms with van der Waals surface area (Å²) >= 11 is 0. The van der Waals surface area contributed by atoms with Crippen LogP contribution in [0.2, 0.25) is 0 Å². The minimum atomic E-state index is -0.229. The highest BCUT2D eigenvalue weighted by Crippen LogP contribution is 2.13. The van der Waals surface area contributed by atoms with Crippen molar-refractivity contribution < 1.29 is 0 Å². The lowest BCUT2D eigenvalue weighted by Gasteiger charge is -2.10. The number of nitrogens with zero attached hydrogens (tertiary/aromatic N) is 4. The normalized spacial score (nSPS) is 11.7. The van der Waals surface area contributed by atoms with Crippen LogP contribution in [0.25, 0.3) is 16.7 Å². The van der Waals surface area contributed by atoms with Crippen molar-refractivity contribution in [1.29, 1.82) is 0 Å². The SMILES string of the molecule is Cc1ccccc1Cn1nc2n(CCC(C)C)c(=O)c3ccccc3n2c1=O. The predicted molar refractivity (Wildman–Crippen MR) is 111 cm³/mol. The van der Waals surface area contributed by atoms with Crippen LogP contribution in [0.1, 0.15) is 31.4 Å². The summed E-state index contributed by atoms with van der Waals surface area (Å²) in [6, 6.07) is 15.2. The zero-order valence-electron chi connectivity index (χ0n) is 16.4. The average molecular weight is 376 g/mol. The molecule has 4 rings (SSSR count). The minimum absolute atomic E-state index is 0.100. The maximum absolute atomic E-state index is 13.2. The minimum Gasteiger partial charge on any atom is -0.276 e. The number of para-hydroxylation sites is 1. The maximum Gasteiger partial charge on any atom is 0.352 e. The van der Waals surface area contributed by atoms with E-state index in [2.05, 4.69) is 18.9 Å². The molecule has 0 atom stereocenters. The van der Waals surface area contributed by atoms with Crippen LogP contribution in [0.4, 0.5) is 0 Å². The number of benzene rings is 2. The van der Waals surface area contributed by atoms with Gasteiger partial charge in [0.15, 0.2) is 0 Å². The molecular formula is C22H24N4O2. The first-order valence-electron chi connectivity index (χ1n) is 9.63. The highest BCUT2D eigenvalue weighted by molar-refractivity contribution is 5.79. The molecule has 0 saturated heterocycles. The van der Waals surface area contributed by atoms with Gasteiger partial charge in [0.1, 0.15) is 0 Å². The standard InChI is InChI=1S/C22H24N4O2/c1-15(2)12-13-24-20(27)18-10-6-7-11-19(18)26-21(24)23-25(22(26)28)14-17-9-5-4-8-16(17)3/h4-11,15H,12-14H2,1-3H3. The summed E-state index contributed by atoms with van der Waals surface area (Å²) in [6.07, 6.45) is 0.840. The van der Waals surface area contributed by atoms with E-state index in [1.165, 1.54) is 4.68 Å². The van der Waals surface area contributed by atoms with Crippen LogP contribution in [0.5, 0.6) is 0 Å². The van der Waals surface area contributed by atoms with Crippen LogP contribution in [0.15, 0.2) is 58.1 Å². The zero-order chi connectivity index (χ0) is 19.8. The van der Waals surface area contributed by atoms with Gasteiger partial charge in [-0.2, -0.15) is 0 Å². The van der Waals surface area contributed by atoms with Gasteiger partial charge in [0.25, 0.3) is 5.56 Å². The van der Waals surface area contributed by atoms with Gasteiger partial charge in [-0.1, -0.05) is 50.2 Å². The first-order valence-corrected chi connectivity index (χ1v) is 9.63. The smallest absolute Gasteiger partial charge is 0.276 e. The highest BCUT2D eigenvalue weighted by atomic mass is 16.2. The van der Waals surface area contributed by atoms with Crippen molar-refractivity contribution in [3.63, 3.8) is 0 Å². The van der Waals surface area contributed by atoms with Gasteiger partial charge in [-0.3, -0.25) is 9.36 Å². The quantitative estimate of drug-likeness (QED) is 0.537. The van der Waals surface area contributed by atoms with Crippen molar-refractivity contribution in [2.75, 3.05) is 0 Å². The Kier molecular flexibility index (Phi) is 4.63. The summed E-state index contributed by atoms with van der Waals surface area (Å²) in [5.74, 6) is 0.849. The molecule has 0 aliphatic carbocycles. The van der Waals surface area contributed by atoms with Crippen LogP contribution in [-0.2, 0) is 13.1 Å². The third-order valence-corrected chi connectivity index (χ3v) is 5.20. The summed E-state index contributed by atoms with van der Waals surface area (Å²) in [5.41, 5.74) is 2.41. The molecule has 0 unspecified atom stereocenters. The molecule has 0 spiro atoms. The average Bonchev–Trinajstić information content (AvgIpc) is 2.99. The van der Waals surface area contributed by atoms with Gasteiger partial charge in [0.05, 0.1) is 17.4 Å². The fraction of sp³-hybridized carbons (Fsp3) is 0.318. The van der Waals surface area contributed by atoms with E-state index in [0.717, 1.165) is 17.5 Å². The highest BCUT2D eigenvalue weighted by Gasteiger charge is 2.17. The molecule has 144 valence electrons. The van der Waals surface area contributed by atoms with Gasteiger partial charge < -0.3 is 0 Å². The Hall–Kier alpha value is -3.15. The first kappa shape index (κ1) is 18.2. The van der Waals surface area contributed by atoms with Gasteiger partial charge in [0, 0.05) is 6.54 Å². The second-order valence-corrected chi connectivity index (χ2v) is 7.66. The largest absolute Gasteiger partial charge is 0.352 e. The Morgan fingerprint density at radius 2 is 1.71 bits per heavy atom. The molecule has 0 bridgehead atoms. The molecule has 28 heavy (non-hydrogen) atoms. The lowest BCUT2D eigenvalue weighted by Crippen LogP contribution is -2.27. The van der Waals surface area contributed by atoms with E-state index in [9.17, 15) is 9.59 Å². The van der Waals surface area contributed by atoms with E-state index in [-0.39, 0.29) is 11.2 Å². The van der Waals surface area contributed by atoms with Crippen LogP contribution < -0.4 is 11.2 Å². The van der Waals surface area contributed by atoms with E-state index in [4.69, 9.17) is 0 Å². The lowest BCUT2D eigenvalue weighted by molar-refractivity contribution is 0.511. The van der Waals surface area contributed by atoms with E-state index in [0.29, 0.717) is 35.7 Å². The number of aryl methyl sites for hydroxylation is 2. The number of hydrogen-bond acceptors (Lipinski definition) is 3. The first-order chi connectivity index (χ1) is 13.5. The van der Waals surface area contributed by atoms with Crippen LogP contribution in [0.3, 0.4) is 0 Å². The van der Waals surface area contributed by atoms with Crippen molar-refractivity contribution in [1.82, 2.24) is 18.7 Å². The molecule has 6 nitrogen and oxygen atoms in total. The van der Waals surface area contributed by atoms with E-state index >= 15 is 0 Å². The van der Waals surface area contributed by atoms with Crippen molar-refractivity contribution in [2.24, 2.45) is 5.92 Å². The van der Waals surface area contributed by atoms with Crippen molar-refractivity contribution in [2.45, 2.75) is 40.3 Å². The van der Waals surface area contributed by atoms with E-state index in [1.807, 2.05) is 43.3 Å². The Morgan fingerprint density at radius 3 is 2.46 bits per heavy atom. The summed E-state index contributed by atoms with van der Waals surface area (Å²) in [6.45, 7) is 7.16. The molecule has 2 aromatic heterocycles. The third kappa shape index (κ3) is 3.05. The topological polar surface area (TPSA) is 61.3 Å². The molecule has 0 amide bonds. The van der Waals surface area contributed by atoms with Crippen molar-refractivity contribution in [3.05, 3.63) is 80.5 Å². The second kappa shape index (κ2) is 7.11. The Bertz CT molecular complexity index is 1280. The molecular weight excluding hydrogens is 352 g/mol. The number of aromatic nitrogens is 4. The molecule has 2 heterocycles. The molecule has 2 aromatic carbocycles. The molecule has 0 saturated carbocycles. The van der Waals surface area contributed by atoms with Crippen molar-refractivity contribution in [3.8, 4) is 0 Å². The molecule has 0 fully saturated rings. The van der Waals surface area contributed by atoms with Gasteiger partial charge in [-0.25, -0.2) is 13.9 Å². The Morgan fingerprint density at radius 1 is 1.00 bits per heavy atom. The molecule has 0 N–H and O–H groups in total. The zero-order valence-corrected chi connectivity index (χ0v) is 16.4. The molecule has 0 aliphatic rings. The number of hydrogen-bond donors (Lipinski definition) is 0. The monoisotopic (exact) mass is 376 g/mol. The predicted octanol–water partition coefficient (Wildman–Crippen LogP) is 3.21. The Balaban J connectivity index is 1.98. The summed E-state index contributed by atoms with van der Waals surface area (Å²) in [7, 11) is 0. The van der Waals surface area contributed by atoms with E-state index in [1.54, 1.807) is 21.1 Å². The molecule has 0 aliphatic heterocycles. The van der Waals surface area contributed by atoms with Gasteiger partial charge in [-0.05, 0) is 42.5 Å². The molecule has 6 heteroatoms. The fourth-order valence-corrected chi connectivity index (χ4v) is 3.51. The molecule has 0 radical (unpaired) electrons. The second-order valence-electron chi connectivity index (χ2n) is 7.66. The molecule has 4 aromatic rings. The van der Waals surface area contributed by atoms with Gasteiger partial charge in [-0.15, -0.1) is 5.10 Å². The number of rotatable bonds is 5. The van der Waals surface area contributed by atoms with Gasteiger partial charge in [0.2, 0.25) is 5.78 Å². The summed E-state index contributed by atoms with van der Waals surface area (Å²) in [5, 5.41) is 5.11. The van der Waals surface area contributed by atoms with Crippen LogP contribution in [-0.4, -0.2) is 18.7 Å². The van der Waals surface area contributed by atoms with Crippen molar-refractivity contribution >= 4 is 16.7 Å². The summed E-state index contributed by atoms with van der Waals surface area (Å²) < 4.78 is 4.66. The van der Waals surface area contributed by atoms with E-state index < -0.39 is 0 Å². The van der Waals surface area contributed by atoms with Crippen LogP contribution >= 0.6 is 0 Å². The Labute approximate surface area is 162 Å².